The van der Waals surface area contributed by atoms with Gasteiger partial charge in [-0.3, -0.25) is 9.80 Å². The SMILES string of the molecule is CCC(=CCN1CCN(C(C)(C)C)CC1)C(=O)OC. The number of methoxy groups -OCH3 is 1. The summed E-state index contributed by atoms with van der Waals surface area (Å²) in [6, 6.07) is 0. The van der Waals surface area contributed by atoms with E-state index in [0.29, 0.717) is 0 Å². The Bertz CT molecular complexity index is 324. The molecule has 19 heavy (non-hydrogen) atoms. The van der Waals surface area contributed by atoms with Crippen LogP contribution in [0.5, 0.6) is 0 Å². The molecule has 0 aromatic heterocycles. The van der Waals surface area contributed by atoms with Gasteiger partial charge >= 0.3 is 5.97 Å². The van der Waals surface area contributed by atoms with Gasteiger partial charge in [-0.1, -0.05) is 13.0 Å². The number of ether oxygens (including phenoxy) is 1. The molecule has 1 aliphatic heterocycles. The van der Waals surface area contributed by atoms with E-state index in [0.717, 1.165) is 44.7 Å². The van der Waals surface area contributed by atoms with E-state index in [2.05, 4.69) is 30.6 Å². The quantitative estimate of drug-likeness (QED) is 0.576. The zero-order valence-electron chi connectivity index (χ0n) is 13.0. The molecule has 1 saturated heterocycles. The highest BCUT2D eigenvalue weighted by molar-refractivity contribution is 5.88. The van der Waals surface area contributed by atoms with Gasteiger partial charge in [-0.15, -0.1) is 0 Å². The van der Waals surface area contributed by atoms with E-state index in [1.165, 1.54) is 7.11 Å². The predicted octanol–water partition coefficient (Wildman–Crippen LogP) is 1.91. The lowest BCUT2D eigenvalue weighted by Crippen LogP contribution is -2.53. The van der Waals surface area contributed by atoms with Crippen molar-refractivity contribution in [2.45, 2.75) is 39.7 Å². The normalized spacial score (nSPS) is 19.5. The van der Waals surface area contributed by atoms with Gasteiger partial charge in [-0.2, -0.15) is 0 Å². The highest BCUT2D eigenvalue weighted by Crippen LogP contribution is 2.15. The van der Waals surface area contributed by atoms with Crippen molar-refractivity contribution in [2.24, 2.45) is 0 Å². The second kappa shape index (κ2) is 7.06. The fraction of sp³-hybridized carbons (Fsp3) is 0.800. The molecule has 0 unspecified atom stereocenters. The molecule has 0 aromatic rings. The van der Waals surface area contributed by atoms with Crippen LogP contribution in [-0.2, 0) is 9.53 Å². The fourth-order valence-electron chi connectivity index (χ4n) is 2.34. The second-order valence-corrected chi connectivity index (χ2v) is 6.03. The summed E-state index contributed by atoms with van der Waals surface area (Å²) in [6.45, 7) is 13.9. The van der Waals surface area contributed by atoms with Crippen molar-refractivity contribution >= 4 is 5.97 Å². The highest BCUT2D eigenvalue weighted by atomic mass is 16.5. The van der Waals surface area contributed by atoms with Crippen LogP contribution in [0.4, 0.5) is 0 Å². The van der Waals surface area contributed by atoms with E-state index in [9.17, 15) is 4.79 Å². The molecule has 0 atom stereocenters. The van der Waals surface area contributed by atoms with Crippen molar-refractivity contribution in [3.05, 3.63) is 11.6 Å². The van der Waals surface area contributed by atoms with E-state index < -0.39 is 0 Å². The van der Waals surface area contributed by atoms with Gasteiger partial charge in [-0.25, -0.2) is 4.79 Å². The molecule has 0 aliphatic carbocycles. The Kier molecular flexibility index (Phi) is 6.01. The van der Waals surface area contributed by atoms with Crippen molar-refractivity contribution in [1.29, 1.82) is 0 Å². The summed E-state index contributed by atoms with van der Waals surface area (Å²) in [4.78, 5) is 16.4. The third-order valence-electron chi connectivity index (χ3n) is 3.75. The standard InChI is InChI=1S/C15H28N2O2/c1-6-13(14(18)19-5)7-8-16-9-11-17(12-10-16)15(2,3)4/h7H,6,8-12H2,1-5H3. The number of piperazine rings is 1. The molecule has 1 fully saturated rings. The number of carbonyl (C=O) groups is 1. The Morgan fingerprint density at radius 1 is 1.21 bits per heavy atom. The molecule has 0 amide bonds. The Labute approximate surface area is 117 Å². The van der Waals surface area contributed by atoms with Crippen molar-refractivity contribution < 1.29 is 9.53 Å². The Balaban J connectivity index is 2.45. The predicted molar refractivity (Wildman–Crippen MR) is 78.2 cm³/mol. The van der Waals surface area contributed by atoms with E-state index in [1.54, 1.807) is 0 Å². The summed E-state index contributed by atoms with van der Waals surface area (Å²) in [5.41, 5.74) is 1.03. The molecule has 4 heteroatoms. The van der Waals surface area contributed by atoms with Crippen LogP contribution in [0, 0.1) is 0 Å². The van der Waals surface area contributed by atoms with Crippen LogP contribution < -0.4 is 0 Å². The monoisotopic (exact) mass is 268 g/mol. The fourth-order valence-corrected chi connectivity index (χ4v) is 2.34. The van der Waals surface area contributed by atoms with Crippen LogP contribution in [0.15, 0.2) is 11.6 Å². The van der Waals surface area contributed by atoms with Crippen LogP contribution in [0.25, 0.3) is 0 Å². The van der Waals surface area contributed by atoms with Crippen LogP contribution in [0.1, 0.15) is 34.1 Å². The van der Waals surface area contributed by atoms with Crippen molar-refractivity contribution in [3.63, 3.8) is 0 Å². The van der Waals surface area contributed by atoms with Gasteiger partial charge in [0.2, 0.25) is 0 Å². The van der Waals surface area contributed by atoms with Gasteiger partial charge in [0.05, 0.1) is 7.11 Å². The minimum absolute atomic E-state index is 0.198. The molecule has 0 saturated carbocycles. The average molecular weight is 268 g/mol. The molecule has 1 rings (SSSR count). The zero-order chi connectivity index (χ0) is 14.5. The molecule has 0 N–H and O–H groups in total. The summed E-state index contributed by atoms with van der Waals surface area (Å²) in [5.74, 6) is -0.198. The summed E-state index contributed by atoms with van der Waals surface area (Å²) in [5, 5.41) is 0. The smallest absolute Gasteiger partial charge is 0.333 e. The van der Waals surface area contributed by atoms with Gasteiger partial charge in [-0.05, 0) is 27.2 Å². The average Bonchev–Trinajstić information content (AvgIpc) is 2.38. The molecule has 4 nitrogen and oxygen atoms in total. The summed E-state index contributed by atoms with van der Waals surface area (Å²) in [6.07, 6.45) is 2.74. The molecular weight excluding hydrogens is 240 g/mol. The van der Waals surface area contributed by atoms with Crippen LogP contribution in [0.3, 0.4) is 0 Å². The second-order valence-electron chi connectivity index (χ2n) is 6.03. The Hall–Kier alpha value is -0.870. The molecule has 110 valence electrons. The van der Waals surface area contributed by atoms with Crippen LogP contribution in [-0.4, -0.2) is 61.1 Å². The Morgan fingerprint density at radius 2 is 1.79 bits per heavy atom. The number of hydrogen-bond acceptors (Lipinski definition) is 4. The van der Waals surface area contributed by atoms with E-state index in [1.807, 2.05) is 13.0 Å². The van der Waals surface area contributed by atoms with Crippen LogP contribution in [0.2, 0.25) is 0 Å². The van der Waals surface area contributed by atoms with Gasteiger partial charge in [0.1, 0.15) is 0 Å². The van der Waals surface area contributed by atoms with Gasteiger partial charge in [0.15, 0.2) is 0 Å². The first-order valence-corrected chi connectivity index (χ1v) is 7.13. The third-order valence-corrected chi connectivity index (χ3v) is 3.75. The maximum Gasteiger partial charge on any atom is 0.333 e. The lowest BCUT2D eigenvalue weighted by molar-refractivity contribution is -0.136. The van der Waals surface area contributed by atoms with E-state index >= 15 is 0 Å². The molecule has 0 radical (unpaired) electrons. The van der Waals surface area contributed by atoms with Gasteiger partial charge in [0.25, 0.3) is 0 Å². The largest absolute Gasteiger partial charge is 0.466 e. The summed E-state index contributed by atoms with van der Waals surface area (Å²) in [7, 11) is 1.44. The lowest BCUT2D eigenvalue weighted by Gasteiger charge is -2.42. The Morgan fingerprint density at radius 3 is 2.21 bits per heavy atom. The maximum absolute atomic E-state index is 11.5. The number of esters is 1. The van der Waals surface area contributed by atoms with Gasteiger partial charge in [0, 0.05) is 43.8 Å². The summed E-state index contributed by atoms with van der Waals surface area (Å²) < 4.78 is 4.77. The van der Waals surface area contributed by atoms with Crippen molar-refractivity contribution in [3.8, 4) is 0 Å². The maximum atomic E-state index is 11.5. The zero-order valence-corrected chi connectivity index (χ0v) is 13.0. The van der Waals surface area contributed by atoms with Crippen molar-refractivity contribution in [2.75, 3.05) is 39.8 Å². The summed E-state index contributed by atoms with van der Waals surface area (Å²) >= 11 is 0. The van der Waals surface area contributed by atoms with Crippen LogP contribution >= 0.6 is 0 Å². The molecule has 1 heterocycles. The van der Waals surface area contributed by atoms with Crippen molar-refractivity contribution in [1.82, 2.24) is 9.80 Å². The number of hydrogen-bond donors (Lipinski definition) is 0. The van der Waals surface area contributed by atoms with E-state index in [-0.39, 0.29) is 11.5 Å². The van der Waals surface area contributed by atoms with E-state index in [4.69, 9.17) is 4.74 Å². The number of rotatable bonds is 4. The lowest BCUT2D eigenvalue weighted by atomic mass is 10.0. The number of carbonyl (C=O) groups excluding carboxylic acids is 1. The minimum atomic E-state index is -0.198. The highest BCUT2D eigenvalue weighted by Gasteiger charge is 2.25. The number of nitrogens with zero attached hydrogens (tertiary/aromatic N) is 2. The molecule has 0 spiro atoms. The topological polar surface area (TPSA) is 32.8 Å². The third kappa shape index (κ3) is 4.96. The first-order chi connectivity index (χ1) is 8.88. The molecule has 1 aliphatic rings. The first-order valence-electron chi connectivity index (χ1n) is 7.13. The minimum Gasteiger partial charge on any atom is -0.466 e. The molecule has 0 bridgehead atoms. The first kappa shape index (κ1) is 16.2. The van der Waals surface area contributed by atoms with Gasteiger partial charge < -0.3 is 4.74 Å². The molecule has 0 aromatic carbocycles. The molecular formula is C15H28N2O2.